The Hall–Kier alpha value is -0.820. The van der Waals surface area contributed by atoms with Crippen molar-refractivity contribution < 1.29 is 13.2 Å². The smallest absolute Gasteiger partial charge is 0.244 e. The predicted molar refractivity (Wildman–Crippen MR) is 70.1 cm³/mol. The third-order valence-electron chi connectivity index (χ3n) is 2.75. The summed E-state index contributed by atoms with van der Waals surface area (Å²) in [5.74, 6) is 0. The molecule has 0 amide bonds. The van der Waals surface area contributed by atoms with Gasteiger partial charge >= 0.3 is 0 Å². The Kier molecular flexibility index (Phi) is 4.11. The molecule has 1 aliphatic heterocycles. The highest BCUT2D eigenvalue weighted by molar-refractivity contribution is 7.89. The highest BCUT2D eigenvalue weighted by atomic mass is 35.5. The van der Waals surface area contributed by atoms with Crippen LogP contribution in [0, 0.1) is 0 Å². The maximum atomic E-state index is 12.4. The summed E-state index contributed by atoms with van der Waals surface area (Å²) in [5.41, 5.74) is 6.00. The summed E-state index contributed by atoms with van der Waals surface area (Å²) in [4.78, 5) is 0.0612. The number of hydrogen-bond acceptors (Lipinski definition) is 4. The number of anilines is 1. The molecule has 2 N–H and O–H groups in total. The first-order valence-corrected chi connectivity index (χ1v) is 7.46. The minimum absolute atomic E-state index is 0.0612. The van der Waals surface area contributed by atoms with Crippen molar-refractivity contribution in [1.29, 1.82) is 0 Å². The lowest BCUT2D eigenvalue weighted by Gasteiger charge is -2.20. The molecule has 0 radical (unpaired) electrons. The first-order chi connectivity index (χ1) is 8.51. The lowest BCUT2D eigenvalue weighted by atomic mass is 10.3. The molecule has 0 spiro atoms. The number of halogens is 1. The van der Waals surface area contributed by atoms with Gasteiger partial charge in [0.1, 0.15) is 4.90 Å². The molecule has 1 fully saturated rings. The van der Waals surface area contributed by atoms with Gasteiger partial charge in [0.25, 0.3) is 0 Å². The molecule has 1 saturated heterocycles. The maximum absolute atomic E-state index is 12.4. The lowest BCUT2D eigenvalue weighted by molar-refractivity contribution is 0.148. The molecule has 1 heterocycles. The summed E-state index contributed by atoms with van der Waals surface area (Å²) in [7, 11) is -3.60. The minimum Gasteiger partial charge on any atom is -0.399 e. The Bertz CT molecular complexity index is 525. The number of benzene rings is 1. The van der Waals surface area contributed by atoms with Gasteiger partial charge in [0.05, 0.1) is 11.6 Å². The molecule has 0 atom stereocenters. The Morgan fingerprint density at radius 1 is 1.28 bits per heavy atom. The minimum atomic E-state index is -3.60. The number of hydrogen-bond donors (Lipinski definition) is 1. The summed E-state index contributed by atoms with van der Waals surface area (Å²) in [5, 5.41) is 0.189. The van der Waals surface area contributed by atoms with Crippen LogP contribution in [0.4, 0.5) is 5.69 Å². The van der Waals surface area contributed by atoms with E-state index < -0.39 is 10.0 Å². The van der Waals surface area contributed by atoms with Crippen LogP contribution < -0.4 is 5.73 Å². The van der Waals surface area contributed by atoms with Crippen LogP contribution in [0.2, 0.25) is 5.02 Å². The van der Waals surface area contributed by atoms with Gasteiger partial charge in [-0.15, -0.1) is 0 Å². The SMILES string of the molecule is Nc1ccc(Cl)c(S(=O)(=O)N2CCCOCC2)c1. The van der Waals surface area contributed by atoms with E-state index in [9.17, 15) is 8.42 Å². The first kappa shape index (κ1) is 13.6. The average molecular weight is 291 g/mol. The van der Waals surface area contributed by atoms with Crippen LogP contribution in [0.15, 0.2) is 23.1 Å². The Morgan fingerprint density at radius 3 is 2.83 bits per heavy atom. The monoisotopic (exact) mass is 290 g/mol. The summed E-state index contributed by atoms with van der Waals surface area (Å²) < 4.78 is 31.5. The summed E-state index contributed by atoms with van der Waals surface area (Å²) in [6.07, 6.45) is 0.680. The average Bonchev–Trinajstić information content (AvgIpc) is 2.61. The number of nitrogen functional groups attached to an aromatic ring is 1. The maximum Gasteiger partial charge on any atom is 0.244 e. The van der Waals surface area contributed by atoms with Crippen LogP contribution in [0.5, 0.6) is 0 Å². The molecule has 1 aromatic carbocycles. The van der Waals surface area contributed by atoms with Gasteiger partial charge in [0.2, 0.25) is 10.0 Å². The van der Waals surface area contributed by atoms with Crippen LogP contribution in [0.3, 0.4) is 0 Å². The van der Waals surface area contributed by atoms with E-state index in [0.29, 0.717) is 38.4 Å². The number of nitrogens with zero attached hydrogens (tertiary/aromatic N) is 1. The van der Waals surface area contributed by atoms with E-state index in [0.717, 1.165) is 0 Å². The van der Waals surface area contributed by atoms with E-state index >= 15 is 0 Å². The molecule has 0 saturated carbocycles. The van der Waals surface area contributed by atoms with E-state index in [1.165, 1.54) is 16.4 Å². The van der Waals surface area contributed by atoms with Crippen LogP contribution in [-0.2, 0) is 14.8 Å². The number of sulfonamides is 1. The second-order valence-corrected chi connectivity index (χ2v) is 6.37. The largest absolute Gasteiger partial charge is 0.399 e. The molecule has 0 aliphatic carbocycles. The zero-order valence-corrected chi connectivity index (χ0v) is 11.4. The van der Waals surface area contributed by atoms with Gasteiger partial charge in [-0.3, -0.25) is 0 Å². The molecule has 18 heavy (non-hydrogen) atoms. The summed E-state index contributed by atoms with van der Waals surface area (Å²) in [6.45, 7) is 1.76. The topological polar surface area (TPSA) is 72.6 Å². The molecule has 2 rings (SSSR count). The number of nitrogens with two attached hydrogens (primary N) is 1. The van der Waals surface area contributed by atoms with E-state index in [4.69, 9.17) is 22.1 Å². The molecule has 7 heteroatoms. The second-order valence-electron chi connectivity index (χ2n) is 4.06. The van der Waals surface area contributed by atoms with E-state index in [2.05, 4.69) is 0 Å². The van der Waals surface area contributed by atoms with E-state index in [1.54, 1.807) is 6.07 Å². The van der Waals surface area contributed by atoms with E-state index in [1.807, 2.05) is 0 Å². The van der Waals surface area contributed by atoms with Crippen molar-refractivity contribution in [2.45, 2.75) is 11.3 Å². The normalized spacial score (nSPS) is 18.5. The fourth-order valence-corrected chi connectivity index (χ4v) is 3.79. The lowest BCUT2D eigenvalue weighted by Crippen LogP contribution is -2.33. The molecule has 100 valence electrons. The first-order valence-electron chi connectivity index (χ1n) is 5.65. The fourth-order valence-electron chi connectivity index (χ4n) is 1.82. The highest BCUT2D eigenvalue weighted by Crippen LogP contribution is 2.27. The Labute approximate surface area is 112 Å². The van der Waals surface area contributed by atoms with Gasteiger partial charge in [-0.05, 0) is 24.6 Å². The summed E-state index contributed by atoms with van der Waals surface area (Å²) in [6, 6.07) is 4.47. The Morgan fingerprint density at radius 2 is 2.06 bits per heavy atom. The molecule has 1 aliphatic rings. The van der Waals surface area contributed by atoms with Crippen molar-refractivity contribution in [2.75, 3.05) is 32.0 Å². The van der Waals surface area contributed by atoms with Crippen molar-refractivity contribution in [3.8, 4) is 0 Å². The predicted octanol–water partition coefficient (Wildman–Crippen LogP) is 1.33. The second kappa shape index (κ2) is 5.44. The molecule has 5 nitrogen and oxygen atoms in total. The van der Waals surface area contributed by atoms with Crippen molar-refractivity contribution in [3.05, 3.63) is 23.2 Å². The third-order valence-corrected chi connectivity index (χ3v) is 5.13. The molecule has 0 aromatic heterocycles. The van der Waals surface area contributed by atoms with Crippen LogP contribution in [-0.4, -0.2) is 39.0 Å². The van der Waals surface area contributed by atoms with Crippen LogP contribution >= 0.6 is 11.6 Å². The number of ether oxygens (including phenoxy) is 1. The van der Waals surface area contributed by atoms with Crippen molar-refractivity contribution in [1.82, 2.24) is 4.31 Å². The summed E-state index contributed by atoms with van der Waals surface area (Å²) >= 11 is 5.95. The van der Waals surface area contributed by atoms with Crippen LogP contribution in [0.1, 0.15) is 6.42 Å². The number of rotatable bonds is 2. The van der Waals surface area contributed by atoms with Gasteiger partial charge in [-0.1, -0.05) is 11.6 Å². The third kappa shape index (κ3) is 2.77. The van der Waals surface area contributed by atoms with Gasteiger partial charge in [0, 0.05) is 25.4 Å². The zero-order valence-electron chi connectivity index (χ0n) is 9.80. The molecular formula is C11H15ClN2O3S. The van der Waals surface area contributed by atoms with Crippen molar-refractivity contribution in [2.24, 2.45) is 0 Å². The van der Waals surface area contributed by atoms with Gasteiger partial charge in [-0.2, -0.15) is 4.31 Å². The van der Waals surface area contributed by atoms with Gasteiger partial charge < -0.3 is 10.5 Å². The molecule has 1 aromatic rings. The van der Waals surface area contributed by atoms with Crippen molar-refractivity contribution in [3.63, 3.8) is 0 Å². The fraction of sp³-hybridized carbons (Fsp3) is 0.455. The quantitative estimate of drug-likeness (QED) is 0.834. The van der Waals surface area contributed by atoms with Gasteiger partial charge in [-0.25, -0.2) is 8.42 Å². The van der Waals surface area contributed by atoms with Crippen molar-refractivity contribution >= 4 is 27.3 Å². The zero-order chi connectivity index (χ0) is 13.2. The molecular weight excluding hydrogens is 276 g/mol. The standard InChI is InChI=1S/C11H15ClN2O3S/c12-10-3-2-9(13)8-11(10)18(15,16)14-4-1-6-17-7-5-14/h2-3,8H,1,4-7,13H2. The van der Waals surface area contributed by atoms with Gasteiger partial charge in [0.15, 0.2) is 0 Å². The van der Waals surface area contributed by atoms with Crippen LogP contribution in [0.25, 0.3) is 0 Å². The molecule has 0 bridgehead atoms. The molecule has 0 unspecified atom stereocenters. The van der Waals surface area contributed by atoms with E-state index in [-0.39, 0.29) is 9.92 Å². The highest BCUT2D eigenvalue weighted by Gasteiger charge is 2.27. The Balaban J connectivity index is 2.37.